The van der Waals surface area contributed by atoms with E-state index >= 15 is 0 Å². The van der Waals surface area contributed by atoms with Crippen LogP contribution in [0.5, 0.6) is 0 Å². The number of hydrogen-bond donors (Lipinski definition) is 2. The van der Waals surface area contributed by atoms with Gasteiger partial charge in [-0.3, -0.25) is 14.4 Å². The Balaban J connectivity index is 1.66. The fourth-order valence-electron chi connectivity index (χ4n) is 2.32. The van der Waals surface area contributed by atoms with Crippen molar-refractivity contribution in [2.24, 2.45) is 0 Å². The van der Waals surface area contributed by atoms with Crippen molar-refractivity contribution in [3.05, 3.63) is 22.4 Å². The number of hydrogen-bond acceptors (Lipinski definition) is 4. The third-order valence-electron chi connectivity index (χ3n) is 3.55. The van der Waals surface area contributed by atoms with Gasteiger partial charge < -0.3 is 15.5 Å². The average molecular weight is 323 g/mol. The molecular weight excluding hydrogens is 302 g/mol. The third-order valence-corrected chi connectivity index (χ3v) is 4.42. The largest absolute Gasteiger partial charge is 0.345 e. The van der Waals surface area contributed by atoms with E-state index in [-0.39, 0.29) is 30.8 Å². The number of carbonyl (C=O) groups is 3. The molecule has 3 amide bonds. The first-order chi connectivity index (χ1) is 10.7. The van der Waals surface area contributed by atoms with Gasteiger partial charge in [0.2, 0.25) is 11.8 Å². The normalized spacial score (nSPS) is 15.0. The predicted octanol–water partition coefficient (Wildman–Crippen LogP) is 0.997. The molecule has 0 bridgehead atoms. The van der Waals surface area contributed by atoms with Crippen molar-refractivity contribution in [2.45, 2.75) is 25.7 Å². The molecule has 1 aliphatic rings. The van der Waals surface area contributed by atoms with Crippen LogP contribution in [-0.4, -0.2) is 48.8 Å². The van der Waals surface area contributed by atoms with E-state index in [9.17, 15) is 14.4 Å². The summed E-state index contributed by atoms with van der Waals surface area (Å²) in [7, 11) is 0. The van der Waals surface area contributed by atoms with Crippen molar-refractivity contribution < 1.29 is 14.4 Å². The Morgan fingerprint density at radius 1 is 1.05 bits per heavy atom. The summed E-state index contributed by atoms with van der Waals surface area (Å²) in [4.78, 5) is 37.7. The molecule has 1 saturated heterocycles. The lowest BCUT2D eigenvalue weighted by Crippen LogP contribution is -2.43. The Bertz CT molecular complexity index is 508. The molecule has 0 unspecified atom stereocenters. The molecule has 2 heterocycles. The second kappa shape index (κ2) is 8.53. The molecule has 0 aliphatic carbocycles. The van der Waals surface area contributed by atoms with E-state index in [0.29, 0.717) is 4.88 Å². The summed E-state index contributed by atoms with van der Waals surface area (Å²) in [6, 6.07) is 3.47. The maximum absolute atomic E-state index is 12.0. The van der Waals surface area contributed by atoms with Gasteiger partial charge in [-0.1, -0.05) is 18.9 Å². The number of amides is 3. The van der Waals surface area contributed by atoms with Gasteiger partial charge in [0.1, 0.15) is 0 Å². The van der Waals surface area contributed by atoms with Gasteiger partial charge in [-0.05, 0) is 24.3 Å². The van der Waals surface area contributed by atoms with Gasteiger partial charge >= 0.3 is 0 Å². The molecule has 120 valence electrons. The lowest BCUT2D eigenvalue weighted by atomic mass is 10.2. The zero-order valence-electron chi connectivity index (χ0n) is 12.5. The van der Waals surface area contributed by atoms with Gasteiger partial charge in [0.05, 0.1) is 18.0 Å². The molecule has 1 aliphatic heterocycles. The van der Waals surface area contributed by atoms with Gasteiger partial charge in [-0.2, -0.15) is 0 Å². The van der Waals surface area contributed by atoms with Gasteiger partial charge in [-0.25, -0.2) is 0 Å². The summed E-state index contributed by atoms with van der Waals surface area (Å²) in [6.07, 6.45) is 4.36. The monoisotopic (exact) mass is 323 g/mol. The summed E-state index contributed by atoms with van der Waals surface area (Å²) in [5.74, 6) is -0.683. The van der Waals surface area contributed by atoms with Crippen molar-refractivity contribution in [3.8, 4) is 0 Å². The summed E-state index contributed by atoms with van der Waals surface area (Å²) in [5, 5.41) is 6.89. The zero-order valence-corrected chi connectivity index (χ0v) is 13.3. The van der Waals surface area contributed by atoms with Gasteiger partial charge in [0.25, 0.3) is 5.91 Å². The van der Waals surface area contributed by atoms with E-state index in [1.54, 1.807) is 22.4 Å². The van der Waals surface area contributed by atoms with E-state index in [1.165, 1.54) is 11.3 Å². The standard InChI is InChI=1S/C15H21N3O3S/c19-13(10-17-15(21)12-6-5-9-22-12)16-11-14(20)18-7-3-1-2-4-8-18/h5-6,9H,1-4,7-8,10-11H2,(H,16,19)(H,17,21). The smallest absolute Gasteiger partial charge is 0.261 e. The van der Waals surface area contributed by atoms with Crippen LogP contribution in [0.4, 0.5) is 0 Å². The number of carbonyl (C=O) groups excluding carboxylic acids is 3. The van der Waals surface area contributed by atoms with Gasteiger partial charge in [-0.15, -0.1) is 11.3 Å². The Labute approximate surface area is 133 Å². The van der Waals surface area contributed by atoms with E-state index in [1.807, 2.05) is 0 Å². The molecule has 0 aromatic carbocycles. The zero-order chi connectivity index (χ0) is 15.8. The second-order valence-corrected chi connectivity index (χ2v) is 6.18. The second-order valence-electron chi connectivity index (χ2n) is 5.23. The SMILES string of the molecule is O=C(CNC(=O)c1cccs1)NCC(=O)N1CCCCCC1. The first-order valence-electron chi connectivity index (χ1n) is 7.53. The van der Waals surface area contributed by atoms with E-state index < -0.39 is 0 Å². The number of nitrogens with zero attached hydrogens (tertiary/aromatic N) is 1. The molecule has 1 fully saturated rings. The van der Waals surface area contributed by atoms with Gasteiger partial charge in [0.15, 0.2) is 0 Å². The highest BCUT2D eigenvalue weighted by Gasteiger charge is 2.16. The molecular formula is C15H21N3O3S. The molecule has 0 atom stereocenters. The van der Waals surface area contributed by atoms with Crippen molar-refractivity contribution in [3.63, 3.8) is 0 Å². The fraction of sp³-hybridized carbons (Fsp3) is 0.533. The third kappa shape index (κ3) is 5.14. The Hall–Kier alpha value is -1.89. The number of likely N-dealkylation sites (tertiary alicyclic amines) is 1. The van der Waals surface area contributed by atoms with Crippen LogP contribution in [0.25, 0.3) is 0 Å². The van der Waals surface area contributed by atoms with Crippen LogP contribution in [0.2, 0.25) is 0 Å². The van der Waals surface area contributed by atoms with Crippen LogP contribution in [-0.2, 0) is 9.59 Å². The van der Waals surface area contributed by atoms with Crippen LogP contribution in [0.15, 0.2) is 17.5 Å². The highest BCUT2D eigenvalue weighted by atomic mass is 32.1. The molecule has 6 nitrogen and oxygen atoms in total. The quantitative estimate of drug-likeness (QED) is 0.848. The lowest BCUT2D eigenvalue weighted by Gasteiger charge is -2.20. The molecule has 7 heteroatoms. The minimum Gasteiger partial charge on any atom is -0.345 e. The molecule has 2 N–H and O–H groups in total. The first-order valence-corrected chi connectivity index (χ1v) is 8.41. The Morgan fingerprint density at radius 2 is 1.77 bits per heavy atom. The molecule has 0 saturated carbocycles. The minimum atomic E-state index is -0.354. The van der Waals surface area contributed by atoms with Crippen LogP contribution in [0.1, 0.15) is 35.4 Å². The molecule has 22 heavy (non-hydrogen) atoms. The Morgan fingerprint density at radius 3 is 2.41 bits per heavy atom. The number of rotatable bonds is 5. The molecule has 0 radical (unpaired) electrons. The number of nitrogens with one attached hydrogen (secondary N) is 2. The van der Waals surface area contributed by atoms with Crippen LogP contribution in [0.3, 0.4) is 0 Å². The van der Waals surface area contributed by atoms with E-state index in [2.05, 4.69) is 10.6 Å². The molecule has 0 spiro atoms. The van der Waals surface area contributed by atoms with Crippen LogP contribution in [0, 0.1) is 0 Å². The Kier molecular flexibility index (Phi) is 6.39. The molecule has 1 aromatic heterocycles. The first kappa shape index (κ1) is 16.5. The predicted molar refractivity (Wildman–Crippen MR) is 84.7 cm³/mol. The summed E-state index contributed by atoms with van der Waals surface area (Å²) >= 11 is 1.32. The van der Waals surface area contributed by atoms with Crippen molar-refractivity contribution in [2.75, 3.05) is 26.2 Å². The van der Waals surface area contributed by atoms with E-state index in [4.69, 9.17) is 0 Å². The summed E-state index contributed by atoms with van der Waals surface area (Å²) in [6.45, 7) is 1.41. The molecule has 2 rings (SSSR count). The van der Waals surface area contributed by atoms with Gasteiger partial charge in [0, 0.05) is 13.1 Å². The van der Waals surface area contributed by atoms with Crippen LogP contribution >= 0.6 is 11.3 Å². The lowest BCUT2D eigenvalue weighted by molar-refractivity contribution is -0.132. The topological polar surface area (TPSA) is 78.5 Å². The van der Waals surface area contributed by atoms with Crippen LogP contribution < -0.4 is 10.6 Å². The average Bonchev–Trinajstić information content (AvgIpc) is 2.92. The van der Waals surface area contributed by atoms with E-state index in [0.717, 1.165) is 38.8 Å². The maximum atomic E-state index is 12.0. The maximum Gasteiger partial charge on any atom is 0.261 e. The highest BCUT2D eigenvalue weighted by molar-refractivity contribution is 7.12. The van der Waals surface area contributed by atoms with Crippen molar-refractivity contribution in [1.29, 1.82) is 0 Å². The highest BCUT2D eigenvalue weighted by Crippen LogP contribution is 2.09. The van der Waals surface area contributed by atoms with Crippen molar-refractivity contribution in [1.82, 2.24) is 15.5 Å². The summed E-state index contributed by atoms with van der Waals surface area (Å²) in [5.41, 5.74) is 0. The number of thiophene rings is 1. The minimum absolute atomic E-state index is 0.00624. The van der Waals surface area contributed by atoms with Crippen molar-refractivity contribution >= 4 is 29.1 Å². The molecule has 1 aromatic rings. The fourth-order valence-corrected chi connectivity index (χ4v) is 2.96. The summed E-state index contributed by atoms with van der Waals surface area (Å²) < 4.78 is 0.